The van der Waals surface area contributed by atoms with E-state index in [-0.39, 0.29) is 45.6 Å². The first-order valence-corrected chi connectivity index (χ1v) is 9.57. The van der Waals surface area contributed by atoms with Crippen molar-refractivity contribution in [1.82, 2.24) is 0 Å². The summed E-state index contributed by atoms with van der Waals surface area (Å²) in [5, 5.41) is 10.2. The van der Waals surface area contributed by atoms with Gasteiger partial charge in [0.15, 0.2) is 16.3 Å². The predicted octanol–water partition coefficient (Wildman–Crippen LogP) is 4.09. The number of carbonyl (C=O) groups is 1. The number of ether oxygens (including phenoxy) is 1. The summed E-state index contributed by atoms with van der Waals surface area (Å²) in [6, 6.07) is 1.22. The molecule has 24 heavy (non-hydrogen) atoms. The van der Waals surface area contributed by atoms with Gasteiger partial charge in [0, 0.05) is 0 Å². The fourth-order valence-corrected chi connectivity index (χ4v) is 2.81. The molecule has 1 N–H and O–H groups in total. The van der Waals surface area contributed by atoms with Crippen LogP contribution in [0.15, 0.2) is 6.07 Å². The highest BCUT2D eigenvalue weighted by atomic mass is 35.5. The Hall–Kier alpha value is -0.820. The van der Waals surface area contributed by atoms with Gasteiger partial charge < -0.3 is 9.84 Å². The van der Waals surface area contributed by atoms with Crippen molar-refractivity contribution in [3.8, 4) is 5.75 Å². The molecule has 7 heteroatoms. The van der Waals surface area contributed by atoms with Crippen LogP contribution >= 0.6 is 11.6 Å². The van der Waals surface area contributed by atoms with Gasteiger partial charge in [0.1, 0.15) is 35.9 Å². The molecule has 4 nitrogen and oxygen atoms in total. The van der Waals surface area contributed by atoms with E-state index in [9.17, 15) is 14.3 Å². The molecule has 0 heterocycles. The van der Waals surface area contributed by atoms with Crippen molar-refractivity contribution in [2.45, 2.75) is 45.5 Å². The Morgan fingerprint density at radius 3 is 2.50 bits per heavy atom. The largest absolute Gasteiger partial charge is 0.493 e. The van der Waals surface area contributed by atoms with Gasteiger partial charge in [-0.3, -0.25) is 4.79 Å². The summed E-state index contributed by atoms with van der Waals surface area (Å²) in [6.45, 7) is 9.20. The topological polar surface area (TPSA) is 55.8 Å². The highest BCUT2D eigenvalue weighted by Gasteiger charge is 2.34. The van der Waals surface area contributed by atoms with Crippen molar-refractivity contribution < 1.29 is 23.2 Å². The first kappa shape index (κ1) is 21.2. The molecule has 0 aliphatic carbocycles. The van der Waals surface area contributed by atoms with Crippen LogP contribution in [0.2, 0.25) is 5.02 Å². The number of halogens is 2. The molecule has 0 radical (unpaired) electrons. The van der Waals surface area contributed by atoms with Crippen LogP contribution in [0.4, 0.5) is 4.39 Å². The van der Waals surface area contributed by atoms with Gasteiger partial charge >= 0.3 is 0 Å². The maximum absolute atomic E-state index is 14.5. The van der Waals surface area contributed by atoms with E-state index in [0.717, 1.165) is 0 Å². The lowest BCUT2D eigenvalue weighted by molar-refractivity contribution is 0.1000. The summed E-state index contributed by atoms with van der Waals surface area (Å²) < 4.78 is 25.5. The fraction of sp³-hybridized carbons (Fsp3) is 0.588. The molecule has 2 atom stereocenters. The Balaban J connectivity index is 3.22. The van der Waals surface area contributed by atoms with Crippen molar-refractivity contribution >= 4 is 28.6 Å². The highest BCUT2D eigenvalue weighted by molar-refractivity contribution is 7.93. The van der Waals surface area contributed by atoms with Crippen LogP contribution in [-0.4, -0.2) is 35.1 Å². The lowest BCUT2D eigenvalue weighted by atomic mass is 10.0. The number of ketones is 1. The van der Waals surface area contributed by atoms with E-state index in [1.165, 1.54) is 13.0 Å². The molecule has 0 aromatic heterocycles. The van der Waals surface area contributed by atoms with E-state index in [1.807, 2.05) is 27.0 Å². The molecule has 1 aromatic carbocycles. The zero-order chi connectivity index (χ0) is 18.7. The van der Waals surface area contributed by atoms with Crippen molar-refractivity contribution in [2.24, 2.45) is 0 Å². The molecule has 0 bridgehead atoms. The molecule has 136 valence electrons. The second-order valence-electron chi connectivity index (χ2n) is 6.32. The number of carbonyl (C=O) groups excluding carboxylic acids is 1. The lowest BCUT2D eigenvalue weighted by Gasteiger charge is -2.21. The lowest BCUT2D eigenvalue weighted by Crippen LogP contribution is -2.30. The third-order valence-electron chi connectivity index (χ3n) is 3.47. The molecule has 1 rings (SSSR count). The Morgan fingerprint density at radius 2 is 2.04 bits per heavy atom. The second-order valence-corrected chi connectivity index (χ2v) is 9.09. The minimum atomic E-state index is -1.29. The summed E-state index contributed by atoms with van der Waals surface area (Å²) in [4.78, 5) is 11.8. The van der Waals surface area contributed by atoms with E-state index < -0.39 is 23.1 Å². The Bertz CT molecular complexity index is 601. The molecule has 0 saturated heterocycles. The van der Waals surface area contributed by atoms with Gasteiger partial charge in [-0.05, 0) is 40.7 Å². The molecule has 0 amide bonds. The first-order chi connectivity index (χ1) is 11.0. The van der Waals surface area contributed by atoms with Gasteiger partial charge in [-0.15, -0.1) is 0 Å². The quantitative estimate of drug-likeness (QED) is 0.572. The first-order valence-electron chi connectivity index (χ1n) is 7.63. The van der Waals surface area contributed by atoms with Gasteiger partial charge in [0.05, 0.1) is 22.8 Å². The Morgan fingerprint density at radius 1 is 1.46 bits per heavy atom. The summed E-state index contributed by atoms with van der Waals surface area (Å²) in [7, 11) is 0. The van der Waals surface area contributed by atoms with Gasteiger partial charge in [0.25, 0.3) is 0 Å². The molecule has 0 aliphatic heterocycles. The third-order valence-corrected chi connectivity index (χ3v) is 5.96. The zero-order valence-corrected chi connectivity index (χ0v) is 16.5. The Labute approximate surface area is 150 Å². The van der Waals surface area contributed by atoms with Crippen LogP contribution in [0.1, 0.15) is 56.6 Å². The van der Waals surface area contributed by atoms with Crippen LogP contribution in [0.3, 0.4) is 0 Å². The number of aliphatic hydroxyl groups excluding tert-OH is 1. The second kappa shape index (κ2) is 8.52. The molecule has 2 unspecified atom stereocenters. The fourth-order valence-electron chi connectivity index (χ4n) is 1.91. The number of hydrogen-bond donors (Lipinski definition) is 1. The maximum atomic E-state index is 14.5. The van der Waals surface area contributed by atoms with E-state index >= 15 is 0 Å². The molecule has 0 saturated carbocycles. The minimum Gasteiger partial charge on any atom is -0.493 e. The van der Waals surface area contributed by atoms with Gasteiger partial charge in [-0.2, -0.15) is 4.18 Å². The van der Waals surface area contributed by atoms with E-state index in [4.69, 9.17) is 20.5 Å². The molecule has 0 aliphatic rings. The van der Waals surface area contributed by atoms with E-state index in [0.29, 0.717) is 0 Å². The van der Waals surface area contributed by atoms with E-state index in [2.05, 4.69) is 0 Å². The van der Waals surface area contributed by atoms with Gasteiger partial charge in [0.2, 0.25) is 0 Å². The molecule has 0 fully saturated rings. The minimum absolute atomic E-state index is 0.0229. The average molecular weight is 380 g/mol. The van der Waals surface area contributed by atoms with Crippen molar-refractivity contribution in [3.63, 3.8) is 0 Å². The highest BCUT2D eigenvalue weighted by Crippen LogP contribution is 2.37. The summed E-state index contributed by atoms with van der Waals surface area (Å²) in [6.07, 6.45) is 0.617. The predicted molar refractivity (Wildman–Crippen MR) is 96.5 cm³/mol. The van der Waals surface area contributed by atoms with Gasteiger partial charge in [-0.1, -0.05) is 11.6 Å². The third kappa shape index (κ3) is 5.09. The number of aliphatic hydroxyl groups is 1. The molecule has 1 aromatic rings. The summed E-state index contributed by atoms with van der Waals surface area (Å²) >= 11 is 5.44. The van der Waals surface area contributed by atoms with Crippen LogP contribution in [0.25, 0.3) is 0 Å². The average Bonchev–Trinajstić information content (AvgIpc) is 2.47. The molecule has 0 spiro atoms. The summed E-state index contributed by atoms with van der Waals surface area (Å²) in [5.41, 5.74) is 0.00378. The Kier molecular flexibility index (Phi) is 7.53. The molecular formula is C17H25ClFO4S+. The van der Waals surface area contributed by atoms with Crippen molar-refractivity contribution in [3.05, 3.63) is 28.0 Å². The van der Waals surface area contributed by atoms with Crippen LogP contribution in [-0.2, 0) is 15.4 Å². The van der Waals surface area contributed by atoms with Crippen LogP contribution in [0, 0.1) is 5.82 Å². The number of rotatable bonds is 7. The van der Waals surface area contributed by atoms with E-state index in [1.54, 1.807) is 6.92 Å². The number of benzene rings is 1. The maximum Gasteiger partial charge on any atom is 0.163 e. The van der Waals surface area contributed by atoms with Crippen LogP contribution in [0.5, 0.6) is 5.75 Å². The smallest absolute Gasteiger partial charge is 0.163 e. The number of hydrogen-bond acceptors (Lipinski definition) is 4. The monoisotopic (exact) mass is 379 g/mol. The SMILES string of the molecule is CCOc1c(C(C)=O)cc(Cl)c(F)c1C(O)CO[S+](C)C(C)(C)C. The summed E-state index contributed by atoms with van der Waals surface area (Å²) in [5.74, 6) is -1.10. The normalized spacial score (nSPS) is 14.4. The van der Waals surface area contributed by atoms with Gasteiger partial charge in [-0.25, -0.2) is 4.39 Å². The van der Waals surface area contributed by atoms with Crippen LogP contribution < -0.4 is 4.74 Å². The van der Waals surface area contributed by atoms with Crippen molar-refractivity contribution in [2.75, 3.05) is 19.5 Å². The number of Topliss-reactive ketones (excluding diaryl/α,β-unsaturated/α-hetero) is 1. The zero-order valence-electron chi connectivity index (χ0n) is 14.9. The van der Waals surface area contributed by atoms with Crippen molar-refractivity contribution in [1.29, 1.82) is 0 Å². The molecular weight excluding hydrogens is 355 g/mol. The standard InChI is InChI=1S/C17H25ClFO4S/c1-7-22-16-11(10(2)20)8-12(18)15(19)14(16)13(21)9-23-24(6)17(3,4)5/h8,13,21H,7,9H2,1-6H3/q+1.